The van der Waals surface area contributed by atoms with Crippen LogP contribution in [0.25, 0.3) is 10.8 Å². The van der Waals surface area contributed by atoms with Gasteiger partial charge in [-0.2, -0.15) is 10.2 Å². The summed E-state index contributed by atoms with van der Waals surface area (Å²) in [6.45, 7) is 0. The van der Waals surface area contributed by atoms with E-state index >= 15 is 0 Å². The van der Waals surface area contributed by atoms with Crippen molar-refractivity contribution in [2.75, 3.05) is 17.4 Å². The molecule has 0 aromatic heterocycles. The predicted octanol–water partition coefficient (Wildman–Crippen LogP) is 6.03. The van der Waals surface area contributed by atoms with Crippen molar-refractivity contribution >= 4 is 60.1 Å². The summed E-state index contributed by atoms with van der Waals surface area (Å²) in [5, 5.41) is 30.7. The Morgan fingerprint density at radius 2 is 1.39 bits per heavy atom. The highest BCUT2D eigenvalue weighted by Crippen LogP contribution is 2.46. The van der Waals surface area contributed by atoms with Gasteiger partial charge in [0.15, 0.2) is 15.6 Å². The number of hydrogen-bond acceptors (Lipinski definition) is 10. The molecule has 0 amide bonds. The van der Waals surface area contributed by atoms with Crippen molar-refractivity contribution in [1.29, 1.82) is 0 Å². The average Bonchev–Trinajstić information content (AvgIpc) is 2.86. The molecule has 0 fully saturated rings. The first kappa shape index (κ1) is 25.1. The predicted molar refractivity (Wildman–Crippen MR) is 137 cm³/mol. The van der Waals surface area contributed by atoms with Crippen molar-refractivity contribution in [2.45, 2.75) is 4.90 Å². The summed E-state index contributed by atoms with van der Waals surface area (Å²) in [6.07, 6.45) is 1.07. The van der Waals surface area contributed by atoms with E-state index in [1.165, 1.54) is 18.2 Å². The van der Waals surface area contributed by atoms with Gasteiger partial charge in [-0.3, -0.25) is 4.21 Å². The molecule has 0 aliphatic heterocycles. The van der Waals surface area contributed by atoms with Crippen molar-refractivity contribution in [2.24, 2.45) is 20.5 Å². The number of fused-ring (bicyclic) bond motifs is 1. The van der Waals surface area contributed by atoms with Gasteiger partial charge in [0.1, 0.15) is 17.3 Å². The standard InChI is InChI=1S/C24H21N5O5S2/c1-36(33,34)15-25-20-13-12-18-19(22(20)28-26-16-8-4-2-5-9-16)14-21(35(31)32)23(24(18)30)29-27-17-10-6-3-7-11-17/h2-14,25,30H,15H2,1H3,(H,31,32)/p-1. The van der Waals surface area contributed by atoms with Gasteiger partial charge in [0.05, 0.1) is 22.0 Å². The highest BCUT2D eigenvalue weighted by atomic mass is 32.2. The Balaban J connectivity index is 1.92. The molecule has 12 heteroatoms. The highest BCUT2D eigenvalue weighted by molar-refractivity contribution is 7.90. The molecule has 0 saturated carbocycles. The lowest BCUT2D eigenvalue weighted by Crippen LogP contribution is -2.12. The monoisotopic (exact) mass is 522 g/mol. The molecule has 184 valence electrons. The van der Waals surface area contributed by atoms with E-state index < -0.39 is 26.7 Å². The summed E-state index contributed by atoms with van der Waals surface area (Å²) < 4.78 is 47.7. The van der Waals surface area contributed by atoms with Crippen molar-refractivity contribution in [1.82, 2.24) is 0 Å². The van der Waals surface area contributed by atoms with E-state index in [1.54, 1.807) is 54.6 Å². The van der Waals surface area contributed by atoms with E-state index in [2.05, 4.69) is 25.8 Å². The van der Waals surface area contributed by atoms with Crippen molar-refractivity contribution in [3.63, 3.8) is 0 Å². The first-order valence-electron chi connectivity index (χ1n) is 10.5. The van der Waals surface area contributed by atoms with Crippen LogP contribution in [0.3, 0.4) is 0 Å². The molecule has 4 aromatic carbocycles. The molecule has 1 atom stereocenters. The summed E-state index contributed by atoms with van der Waals surface area (Å²) >= 11 is -2.79. The molecule has 4 aromatic rings. The maximum atomic E-state index is 12.1. The fourth-order valence-electron chi connectivity index (χ4n) is 3.29. The van der Waals surface area contributed by atoms with E-state index in [0.717, 1.165) is 6.26 Å². The van der Waals surface area contributed by atoms with Crippen LogP contribution in [0.1, 0.15) is 0 Å². The zero-order chi connectivity index (χ0) is 25.7. The number of azo groups is 2. The lowest BCUT2D eigenvalue weighted by molar-refractivity contribution is 0.480. The van der Waals surface area contributed by atoms with Crippen molar-refractivity contribution in [3.05, 3.63) is 78.9 Å². The summed E-state index contributed by atoms with van der Waals surface area (Å²) in [4.78, 5) is -0.309. The Labute approximate surface area is 209 Å². The Kier molecular flexibility index (Phi) is 7.48. The minimum Gasteiger partial charge on any atom is -0.768 e. The third kappa shape index (κ3) is 5.97. The molecule has 0 heterocycles. The summed E-state index contributed by atoms with van der Waals surface area (Å²) in [6, 6.07) is 21.8. The molecule has 36 heavy (non-hydrogen) atoms. The largest absolute Gasteiger partial charge is 0.768 e. The van der Waals surface area contributed by atoms with Crippen LogP contribution in [-0.2, 0) is 20.9 Å². The number of aromatic hydroxyl groups is 1. The van der Waals surface area contributed by atoms with Crippen LogP contribution in [0.5, 0.6) is 5.75 Å². The summed E-state index contributed by atoms with van der Waals surface area (Å²) in [5.74, 6) is -0.806. The van der Waals surface area contributed by atoms with Gasteiger partial charge in [-0.05, 0) is 53.5 Å². The SMILES string of the molecule is CS(=O)(=O)CNc1ccc2c(O)c(N=Nc3ccccc3)c(S(=O)[O-])cc2c1N=Nc1ccccc1. The van der Waals surface area contributed by atoms with Crippen LogP contribution >= 0.6 is 0 Å². The summed E-state index contributed by atoms with van der Waals surface area (Å²) in [5.41, 5.74) is 1.19. The van der Waals surface area contributed by atoms with E-state index in [9.17, 15) is 22.3 Å². The number of nitrogens with one attached hydrogen (secondary N) is 1. The molecule has 1 unspecified atom stereocenters. The minimum atomic E-state index is -3.39. The first-order valence-corrected chi connectivity index (χ1v) is 13.6. The van der Waals surface area contributed by atoms with E-state index in [-0.39, 0.29) is 38.6 Å². The molecule has 0 saturated heterocycles. The molecule has 10 nitrogen and oxygen atoms in total. The van der Waals surface area contributed by atoms with E-state index in [0.29, 0.717) is 11.4 Å². The van der Waals surface area contributed by atoms with Crippen molar-refractivity contribution in [3.8, 4) is 5.75 Å². The topological polar surface area (TPSA) is 156 Å². The van der Waals surface area contributed by atoms with Gasteiger partial charge in [0.2, 0.25) is 0 Å². The van der Waals surface area contributed by atoms with Crippen LogP contribution in [0.2, 0.25) is 0 Å². The van der Waals surface area contributed by atoms with E-state index in [1.807, 2.05) is 6.07 Å². The quantitative estimate of drug-likeness (QED) is 0.213. The smallest absolute Gasteiger partial charge is 0.165 e. The van der Waals surface area contributed by atoms with Crippen LogP contribution in [0, 0.1) is 0 Å². The Bertz CT molecular complexity index is 1590. The number of rotatable bonds is 8. The van der Waals surface area contributed by atoms with Gasteiger partial charge in [-0.1, -0.05) is 36.4 Å². The molecule has 0 bridgehead atoms. The number of benzene rings is 4. The fourth-order valence-corrected chi connectivity index (χ4v) is 4.22. The minimum absolute atomic E-state index is 0.147. The fraction of sp³-hybridized carbons (Fsp3) is 0.0833. The number of anilines is 1. The first-order chi connectivity index (χ1) is 17.2. The zero-order valence-corrected chi connectivity index (χ0v) is 20.5. The molecule has 0 aliphatic rings. The maximum Gasteiger partial charge on any atom is 0.165 e. The molecule has 0 aliphatic carbocycles. The van der Waals surface area contributed by atoms with Gasteiger partial charge >= 0.3 is 0 Å². The lowest BCUT2D eigenvalue weighted by Gasteiger charge is -2.16. The molecule has 0 radical (unpaired) electrons. The number of phenolic OH excluding ortho intramolecular Hbond substituents is 1. The zero-order valence-electron chi connectivity index (χ0n) is 18.9. The van der Waals surface area contributed by atoms with Gasteiger partial charge < -0.3 is 15.0 Å². The maximum absolute atomic E-state index is 12.1. The van der Waals surface area contributed by atoms with Crippen LogP contribution < -0.4 is 5.32 Å². The number of phenols is 1. The second kappa shape index (κ2) is 10.7. The molecule has 4 rings (SSSR count). The molecular weight excluding hydrogens is 502 g/mol. The molecule has 0 spiro atoms. The second-order valence-electron chi connectivity index (χ2n) is 7.68. The third-order valence-corrected chi connectivity index (χ3v) is 6.29. The lowest BCUT2D eigenvalue weighted by atomic mass is 10.1. The third-order valence-electron chi connectivity index (χ3n) is 4.95. The number of nitrogens with zero attached hydrogens (tertiary/aromatic N) is 4. The van der Waals surface area contributed by atoms with Crippen LogP contribution in [0.4, 0.5) is 28.4 Å². The Morgan fingerprint density at radius 1 is 0.833 bits per heavy atom. The Morgan fingerprint density at radius 3 is 1.92 bits per heavy atom. The second-order valence-corrected chi connectivity index (χ2v) is 10.7. The van der Waals surface area contributed by atoms with Gasteiger partial charge in [-0.25, -0.2) is 8.42 Å². The average molecular weight is 523 g/mol. The van der Waals surface area contributed by atoms with Gasteiger partial charge in [0.25, 0.3) is 0 Å². The molecule has 2 N–H and O–H groups in total. The number of sulfone groups is 1. The number of hydrogen-bond donors (Lipinski definition) is 2. The van der Waals surface area contributed by atoms with Gasteiger partial charge in [0, 0.05) is 17.0 Å². The van der Waals surface area contributed by atoms with Crippen molar-refractivity contribution < 1.29 is 22.3 Å². The highest BCUT2D eigenvalue weighted by Gasteiger charge is 2.19. The molecular formula is C24H20N5O5S2-. The van der Waals surface area contributed by atoms with E-state index in [4.69, 9.17) is 0 Å². The van der Waals surface area contributed by atoms with Crippen LogP contribution in [-0.4, -0.2) is 34.4 Å². The van der Waals surface area contributed by atoms with Crippen LogP contribution in [0.15, 0.2) is 104 Å². The normalized spacial score (nSPS) is 12.9. The summed E-state index contributed by atoms with van der Waals surface area (Å²) in [7, 11) is -3.39. The Hall–Kier alpha value is -4.00. The van der Waals surface area contributed by atoms with Gasteiger partial charge in [-0.15, -0.1) is 10.2 Å².